The smallest absolute Gasteiger partial charge is 0.163 e. The van der Waals surface area contributed by atoms with E-state index in [0.29, 0.717) is 0 Å². The standard InChI is InChI=1S/C10H7N3/c1-4-9-10(11-5-1)13-6-2-3-8(13)7-12-9/h1-7H. The summed E-state index contributed by atoms with van der Waals surface area (Å²) in [6.45, 7) is 0. The number of hydrogen-bond donors (Lipinski definition) is 0. The van der Waals surface area contributed by atoms with Gasteiger partial charge in [-0.15, -0.1) is 0 Å². The molecule has 0 atom stereocenters. The molecule has 0 aliphatic carbocycles. The molecule has 0 spiro atoms. The first-order valence-electron chi connectivity index (χ1n) is 4.12. The van der Waals surface area contributed by atoms with Crippen molar-refractivity contribution in [2.75, 3.05) is 0 Å². The molecule has 0 radical (unpaired) electrons. The van der Waals surface area contributed by atoms with Crippen LogP contribution >= 0.6 is 0 Å². The lowest BCUT2D eigenvalue weighted by molar-refractivity contribution is 1.17. The molecule has 3 heterocycles. The van der Waals surface area contributed by atoms with Gasteiger partial charge >= 0.3 is 0 Å². The van der Waals surface area contributed by atoms with Crippen LogP contribution in [0.3, 0.4) is 0 Å². The van der Waals surface area contributed by atoms with E-state index in [1.165, 1.54) is 0 Å². The van der Waals surface area contributed by atoms with E-state index in [4.69, 9.17) is 0 Å². The Morgan fingerprint density at radius 1 is 1.08 bits per heavy atom. The lowest BCUT2D eigenvalue weighted by Gasteiger charge is -1.99. The molecule has 3 aromatic heterocycles. The minimum Gasteiger partial charge on any atom is -0.298 e. The van der Waals surface area contributed by atoms with Crippen LogP contribution in [0.2, 0.25) is 0 Å². The summed E-state index contributed by atoms with van der Waals surface area (Å²) in [5.74, 6) is 0. The monoisotopic (exact) mass is 169 g/mol. The van der Waals surface area contributed by atoms with Crippen molar-refractivity contribution >= 4 is 16.7 Å². The van der Waals surface area contributed by atoms with Crippen LogP contribution in [0.4, 0.5) is 0 Å². The van der Waals surface area contributed by atoms with Gasteiger partial charge in [-0.2, -0.15) is 0 Å². The zero-order valence-corrected chi connectivity index (χ0v) is 6.88. The highest BCUT2D eigenvalue weighted by molar-refractivity contribution is 5.73. The van der Waals surface area contributed by atoms with Gasteiger partial charge in [0.25, 0.3) is 0 Å². The topological polar surface area (TPSA) is 30.2 Å². The van der Waals surface area contributed by atoms with Crippen LogP contribution in [0.25, 0.3) is 16.7 Å². The van der Waals surface area contributed by atoms with Gasteiger partial charge in [-0.25, -0.2) is 4.98 Å². The fourth-order valence-electron chi connectivity index (χ4n) is 1.50. The van der Waals surface area contributed by atoms with E-state index in [2.05, 4.69) is 9.97 Å². The highest BCUT2D eigenvalue weighted by Crippen LogP contribution is 2.11. The van der Waals surface area contributed by atoms with Crippen LogP contribution in [0, 0.1) is 0 Å². The van der Waals surface area contributed by atoms with Crippen LogP contribution in [0.1, 0.15) is 0 Å². The van der Waals surface area contributed by atoms with Crippen LogP contribution < -0.4 is 0 Å². The molecule has 0 saturated heterocycles. The van der Waals surface area contributed by atoms with Crippen molar-refractivity contribution in [2.45, 2.75) is 0 Å². The Bertz CT molecular complexity index is 568. The van der Waals surface area contributed by atoms with Gasteiger partial charge in [0.1, 0.15) is 5.52 Å². The van der Waals surface area contributed by atoms with Crippen LogP contribution in [0.5, 0.6) is 0 Å². The average molecular weight is 169 g/mol. The number of rotatable bonds is 0. The van der Waals surface area contributed by atoms with E-state index < -0.39 is 0 Å². The molecule has 3 nitrogen and oxygen atoms in total. The van der Waals surface area contributed by atoms with E-state index in [-0.39, 0.29) is 0 Å². The Balaban J connectivity index is 2.65. The molecule has 0 aliphatic rings. The van der Waals surface area contributed by atoms with Gasteiger partial charge in [-0.3, -0.25) is 9.38 Å². The molecule has 0 aliphatic heterocycles. The molecule has 0 fully saturated rings. The molecular formula is C10H7N3. The molecule has 0 unspecified atom stereocenters. The fourth-order valence-corrected chi connectivity index (χ4v) is 1.50. The van der Waals surface area contributed by atoms with Crippen molar-refractivity contribution in [3.63, 3.8) is 0 Å². The second kappa shape index (κ2) is 2.29. The van der Waals surface area contributed by atoms with Crippen molar-refractivity contribution in [1.82, 2.24) is 14.4 Å². The normalized spacial score (nSPS) is 11.1. The van der Waals surface area contributed by atoms with Crippen LogP contribution in [0.15, 0.2) is 42.9 Å². The first kappa shape index (κ1) is 6.60. The number of aromatic nitrogens is 3. The number of fused-ring (bicyclic) bond motifs is 3. The lowest BCUT2D eigenvalue weighted by atomic mass is 10.4. The molecule has 0 N–H and O–H groups in total. The SMILES string of the molecule is c1cnc2c(c1)ncc1cccn12. The summed E-state index contributed by atoms with van der Waals surface area (Å²) < 4.78 is 2.03. The summed E-state index contributed by atoms with van der Waals surface area (Å²) in [7, 11) is 0. The highest BCUT2D eigenvalue weighted by Gasteiger charge is 1.99. The minimum atomic E-state index is 0.907. The molecule has 13 heavy (non-hydrogen) atoms. The molecule has 3 heteroatoms. The van der Waals surface area contributed by atoms with Gasteiger partial charge in [-0.05, 0) is 24.3 Å². The first-order valence-corrected chi connectivity index (χ1v) is 4.12. The Morgan fingerprint density at radius 2 is 2.08 bits per heavy atom. The quantitative estimate of drug-likeness (QED) is 0.514. The van der Waals surface area contributed by atoms with Crippen LogP contribution in [-0.2, 0) is 0 Å². The third-order valence-corrected chi connectivity index (χ3v) is 2.11. The largest absolute Gasteiger partial charge is 0.298 e. The fraction of sp³-hybridized carbons (Fsp3) is 0. The van der Waals surface area contributed by atoms with E-state index >= 15 is 0 Å². The second-order valence-electron chi connectivity index (χ2n) is 2.91. The second-order valence-corrected chi connectivity index (χ2v) is 2.91. The first-order chi connectivity index (χ1) is 6.45. The maximum absolute atomic E-state index is 4.30. The predicted molar refractivity (Wildman–Crippen MR) is 50.5 cm³/mol. The zero-order valence-electron chi connectivity index (χ0n) is 6.88. The van der Waals surface area contributed by atoms with Gasteiger partial charge in [0, 0.05) is 12.4 Å². The highest BCUT2D eigenvalue weighted by atomic mass is 15.0. The molecular weight excluding hydrogens is 162 g/mol. The Kier molecular flexibility index (Phi) is 1.16. The Morgan fingerprint density at radius 3 is 3.08 bits per heavy atom. The maximum Gasteiger partial charge on any atom is 0.163 e. The number of hydrogen-bond acceptors (Lipinski definition) is 2. The molecule has 3 rings (SSSR count). The van der Waals surface area contributed by atoms with Crippen molar-refractivity contribution in [2.24, 2.45) is 0 Å². The average Bonchev–Trinajstić information content (AvgIpc) is 2.65. The van der Waals surface area contributed by atoms with E-state index in [0.717, 1.165) is 16.7 Å². The molecule has 3 aromatic rings. The molecule has 0 amide bonds. The Hall–Kier alpha value is -1.90. The summed E-state index contributed by atoms with van der Waals surface area (Å²) in [6, 6.07) is 7.86. The zero-order chi connectivity index (χ0) is 8.67. The summed E-state index contributed by atoms with van der Waals surface area (Å²) in [5.41, 5.74) is 2.90. The number of nitrogens with zero attached hydrogens (tertiary/aromatic N) is 3. The third-order valence-electron chi connectivity index (χ3n) is 2.11. The van der Waals surface area contributed by atoms with E-state index in [1.54, 1.807) is 6.20 Å². The maximum atomic E-state index is 4.30. The van der Waals surface area contributed by atoms with E-state index in [1.807, 2.05) is 41.1 Å². The van der Waals surface area contributed by atoms with Crippen molar-refractivity contribution in [1.29, 1.82) is 0 Å². The molecule has 0 bridgehead atoms. The molecule has 0 aromatic carbocycles. The van der Waals surface area contributed by atoms with E-state index in [9.17, 15) is 0 Å². The van der Waals surface area contributed by atoms with Gasteiger partial charge in [-0.1, -0.05) is 0 Å². The summed E-state index contributed by atoms with van der Waals surface area (Å²) in [5, 5.41) is 0. The van der Waals surface area contributed by atoms with Gasteiger partial charge < -0.3 is 0 Å². The van der Waals surface area contributed by atoms with Gasteiger partial charge in [0.15, 0.2) is 5.65 Å². The third kappa shape index (κ3) is 0.839. The van der Waals surface area contributed by atoms with Crippen LogP contribution in [-0.4, -0.2) is 14.4 Å². The minimum absolute atomic E-state index is 0.907. The van der Waals surface area contributed by atoms with Crippen molar-refractivity contribution in [3.05, 3.63) is 42.9 Å². The summed E-state index contributed by atoms with van der Waals surface area (Å²) in [6.07, 6.45) is 5.62. The predicted octanol–water partition coefficient (Wildman–Crippen LogP) is 1.88. The van der Waals surface area contributed by atoms with Gasteiger partial charge in [0.2, 0.25) is 0 Å². The molecule has 0 saturated carbocycles. The Labute approximate surface area is 74.7 Å². The number of pyridine rings is 1. The lowest BCUT2D eigenvalue weighted by Crippen LogP contribution is -1.90. The van der Waals surface area contributed by atoms with Crippen molar-refractivity contribution in [3.8, 4) is 0 Å². The van der Waals surface area contributed by atoms with Crippen molar-refractivity contribution < 1.29 is 0 Å². The molecule has 62 valence electrons. The van der Waals surface area contributed by atoms with Gasteiger partial charge in [0.05, 0.1) is 11.7 Å². The summed E-state index contributed by atoms with van der Waals surface area (Å²) in [4.78, 5) is 8.58. The summed E-state index contributed by atoms with van der Waals surface area (Å²) >= 11 is 0.